The minimum atomic E-state index is -0.333. The topological polar surface area (TPSA) is 100 Å². The fraction of sp³-hybridized carbons (Fsp3) is 0.304. The molecule has 0 bridgehead atoms. The first-order valence-electron chi connectivity index (χ1n) is 10.3. The molecule has 0 spiro atoms. The van der Waals surface area contributed by atoms with E-state index < -0.39 is 0 Å². The maximum Gasteiger partial charge on any atom is 0.226 e. The van der Waals surface area contributed by atoms with Crippen LogP contribution in [0.3, 0.4) is 0 Å². The normalized spacial score (nSPS) is 19.7. The number of fused-ring (bicyclic) bond motifs is 1. The summed E-state index contributed by atoms with van der Waals surface area (Å²) in [6.07, 6.45) is 5.95. The molecule has 9 nitrogen and oxygen atoms in total. The van der Waals surface area contributed by atoms with Crippen molar-refractivity contribution in [1.29, 1.82) is 0 Å². The Kier molecular flexibility index (Phi) is 5.01. The van der Waals surface area contributed by atoms with Gasteiger partial charge < -0.3 is 19.5 Å². The van der Waals surface area contributed by atoms with Crippen LogP contribution in [0.1, 0.15) is 35.9 Å². The molecule has 2 aromatic heterocycles. The molecule has 1 N–H and O–H groups in total. The van der Waals surface area contributed by atoms with Gasteiger partial charge in [0, 0.05) is 30.1 Å². The van der Waals surface area contributed by atoms with Gasteiger partial charge in [-0.15, -0.1) is 0 Å². The van der Waals surface area contributed by atoms with Gasteiger partial charge in [0.2, 0.25) is 11.7 Å². The lowest BCUT2D eigenvalue weighted by Gasteiger charge is -2.35. The number of anilines is 1. The number of carbonyl (C=O) groups excluding carboxylic acids is 1. The minimum absolute atomic E-state index is 0.0463. The van der Waals surface area contributed by atoms with Gasteiger partial charge in [-0.05, 0) is 47.7 Å². The zero-order valence-corrected chi connectivity index (χ0v) is 18.0. The van der Waals surface area contributed by atoms with Crippen LogP contribution >= 0.6 is 0 Å². The van der Waals surface area contributed by atoms with E-state index in [1.165, 1.54) is 6.33 Å². The van der Waals surface area contributed by atoms with Crippen LogP contribution in [-0.4, -0.2) is 46.9 Å². The maximum absolute atomic E-state index is 13.5. The predicted molar refractivity (Wildman–Crippen MR) is 116 cm³/mol. The first-order valence-corrected chi connectivity index (χ1v) is 10.3. The van der Waals surface area contributed by atoms with Gasteiger partial charge in [0.25, 0.3) is 0 Å². The largest absolute Gasteiger partial charge is 0.493 e. The Bertz CT molecular complexity index is 1180. The Morgan fingerprint density at radius 2 is 1.72 bits per heavy atom. The Balaban J connectivity index is 1.57. The summed E-state index contributed by atoms with van der Waals surface area (Å²) in [6.45, 7) is 0. The molecule has 0 radical (unpaired) electrons. The van der Waals surface area contributed by atoms with E-state index in [4.69, 9.17) is 14.2 Å². The third-order valence-corrected chi connectivity index (χ3v) is 6.04. The molecule has 0 saturated heterocycles. The van der Waals surface area contributed by atoms with Crippen molar-refractivity contribution in [2.45, 2.75) is 24.8 Å². The average Bonchev–Trinajstić information content (AvgIpc) is 3.30. The van der Waals surface area contributed by atoms with E-state index >= 15 is 0 Å². The van der Waals surface area contributed by atoms with Crippen molar-refractivity contribution in [2.24, 2.45) is 0 Å². The highest BCUT2D eigenvalue weighted by Gasteiger charge is 2.39. The van der Waals surface area contributed by atoms with Gasteiger partial charge in [-0.1, -0.05) is 0 Å². The van der Waals surface area contributed by atoms with Crippen LogP contribution in [0.4, 0.5) is 5.95 Å². The molecule has 0 amide bonds. The van der Waals surface area contributed by atoms with E-state index in [-0.39, 0.29) is 17.7 Å². The van der Waals surface area contributed by atoms with Crippen molar-refractivity contribution < 1.29 is 19.0 Å². The molecule has 9 heteroatoms. The Hall–Kier alpha value is -3.88. The van der Waals surface area contributed by atoms with Gasteiger partial charge in [-0.2, -0.15) is 10.1 Å². The Morgan fingerprint density at radius 3 is 2.38 bits per heavy atom. The van der Waals surface area contributed by atoms with Crippen LogP contribution in [0.5, 0.6) is 17.2 Å². The highest BCUT2D eigenvalue weighted by Crippen LogP contribution is 2.46. The molecule has 1 aliphatic heterocycles. The molecule has 3 heterocycles. The monoisotopic (exact) mass is 433 g/mol. The van der Waals surface area contributed by atoms with Gasteiger partial charge in [-0.25, -0.2) is 4.68 Å². The number of allylic oxidation sites excluding steroid dienone is 2. The number of Topliss-reactive ketones (excluding diaryl/α,β-unsaturated/α-hetero) is 1. The second-order valence-electron chi connectivity index (χ2n) is 7.72. The van der Waals surface area contributed by atoms with Crippen molar-refractivity contribution >= 4 is 11.7 Å². The summed E-state index contributed by atoms with van der Waals surface area (Å²) >= 11 is 0. The van der Waals surface area contributed by atoms with Gasteiger partial charge in [0.1, 0.15) is 12.4 Å². The number of methoxy groups -OCH3 is 3. The predicted octanol–water partition coefficient (Wildman–Crippen LogP) is 3.11. The number of hydrogen-bond acceptors (Lipinski definition) is 8. The molecule has 32 heavy (non-hydrogen) atoms. The molecular formula is C23H23N5O4. The van der Waals surface area contributed by atoms with E-state index in [0.29, 0.717) is 36.0 Å². The average molecular weight is 433 g/mol. The number of hydrogen-bond donors (Lipinski definition) is 1. The van der Waals surface area contributed by atoms with E-state index in [9.17, 15) is 4.79 Å². The third kappa shape index (κ3) is 3.17. The van der Waals surface area contributed by atoms with E-state index in [0.717, 1.165) is 22.4 Å². The van der Waals surface area contributed by atoms with E-state index in [1.54, 1.807) is 38.4 Å². The zero-order chi connectivity index (χ0) is 22.2. The summed E-state index contributed by atoms with van der Waals surface area (Å²) in [5.74, 6) is 2.31. The van der Waals surface area contributed by atoms with Crippen molar-refractivity contribution in [2.75, 3.05) is 26.6 Å². The second-order valence-corrected chi connectivity index (χ2v) is 7.72. The van der Waals surface area contributed by atoms with Crippen LogP contribution in [0.2, 0.25) is 0 Å². The summed E-state index contributed by atoms with van der Waals surface area (Å²) in [4.78, 5) is 22.0. The summed E-state index contributed by atoms with van der Waals surface area (Å²) in [7, 11) is 4.74. The molecule has 2 aliphatic rings. The summed E-state index contributed by atoms with van der Waals surface area (Å²) < 4.78 is 18.2. The molecule has 5 rings (SSSR count). The van der Waals surface area contributed by atoms with E-state index in [1.807, 2.05) is 24.3 Å². The molecule has 0 saturated carbocycles. The molecule has 3 aromatic rings. The van der Waals surface area contributed by atoms with Crippen LogP contribution < -0.4 is 19.5 Å². The van der Waals surface area contributed by atoms with Crippen LogP contribution in [0.15, 0.2) is 54.3 Å². The lowest BCUT2D eigenvalue weighted by atomic mass is 9.78. The first-order chi connectivity index (χ1) is 15.6. The van der Waals surface area contributed by atoms with Gasteiger partial charge in [0.05, 0.1) is 21.3 Å². The number of carbonyl (C=O) groups is 1. The fourth-order valence-electron chi connectivity index (χ4n) is 4.58. The summed E-state index contributed by atoms with van der Waals surface area (Å²) in [5.41, 5.74) is 3.48. The van der Waals surface area contributed by atoms with Gasteiger partial charge in [-0.3, -0.25) is 9.78 Å². The Morgan fingerprint density at radius 1 is 1.00 bits per heavy atom. The van der Waals surface area contributed by atoms with Gasteiger partial charge >= 0.3 is 0 Å². The number of benzene rings is 1. The second kappa shape index (κ2) is 7.99. The Labute approximate surface area is 185 Å². The molecule has 1 aliphatic carbocycles. The SMILES string of the molecule is COc1cc([C@H]2CC(=O)C3=C(C2)Nc2ncnn2[C@H]3c2ccncc2)cc(OC)c1OC. The van der Waals surface area contributed by atoms with Crippen LogP contribution in [-0.2, 0) is 4.79 Å². The van der Waals surface area contributed by atoms with Crippen LogP contribution in [0, 0.1) is 0 Å². The fourth-order valence-corrected chi connectivity index (χ4v) is 4.58. The number of ketones is 1. The molecular weight excluding hydrogens is 410 g/mol. The number of pyridine rings is 1. The minimum Gasteiger partial charge on any atom is -0.493 e. The van der Waals surface area contributed by atoms with Crippen molar-refractivity contribution in [3.63, 3.8) is 0 Å². The van der Waals surface area contributed by atoms with E-state index in [2.05, 4.69) is 20.4 Å². The number of aromatic nitrogens is 4. The van der Waals surface area contributed by atoms with Crippen LogP contribution in [0.25, 0.3) is 0 Å². The summed E-state index contributed by atoms with van der Waals surface area (Å²) in [5, 5.41) is 7.70. The molecule has 0 unspecified atom stereocenters. The quantitative estimate of drug-likeness (QED) is 0.655. The maximum atomic E-state index is 13.5. The number of ether oxygens (including phenoxy) is 3. The highest BCUT2D eigenvalue weighted by atomic mass is 16.5. The first kappa shape index (κ1) is 20.0. The number of rotatable bonds is 5. The van der Waals surface area contributed by atoms with Crippen molar-refractivity contribution in [3.05, 3.63) is 65.4 Å². The van der Waals surface area contributed by atoms with Crippen molar-refractivity contribution in [3.8, 4) is 17.2 Å². The lowest BCUT2D eigenvalue weighted by Crippen LogP contribution is -2.33. The molecule has 164 valence electrons. The smallest absolute Gasteiger partial charge is 0.226 e. The number of nitrogens with one attached hydrogen (secondary N) is 1. The third-order valence-electron chi connectivity index (χ3n) is 6.04. The molecule has 0 fully saturated rings. The van der Waals surface area contributed by atoms with Gasteiger partial charge in [0.15, 0.2) is 17.3 Å². The standard InChI is InChI=1S/C23H23N5O4/c1-30-18-10-15(11-19(31-2)22(18)32-3)14-8-16-20(17(29)9-14)21(13-4-6-24-7-5-13)28-23(27-16)25-12-26-28/h4-7,10-12,14,21H,8-9H2,1-3H3,(H,25,26,27)/t14-,21+/m1/s1. The number of nitrogens with zero attached hydrogens (tertiary/aromatic N) is 4. The van der Waals surface area contributed by atoms with Crippen molar-refractivity contribution in [1.82, 2.24) is 19.7 Å². The zero-order valence-electron chi connectivity index (χ0n) is 18.0. The lowest BCUT2D eigenvalue weighted by molar-refractivity contribution is -0.116. The molecule has 2 atom stereocenters. The molecule has 1 aromatic carbocycles. The highest BCUT2D eigenvalue weighted by molar-refractivity contribution is 6.00. The summed E-state index contributed by atoms with van der Waals surface area (Å²) in [6, 6.07) is 7.31.